The predicted molar refractivity (Wildman–Crippen MR) is 237 cm³/mol. The van der Waals surface area contributed by atoms with Crippen LogP contribution in [-0.2, 0) is 6.42 Å². The Balaban J connectivity index is 0.00000100. The molecule has 0 spiro atoms. The van der Waals surface area contributed by atoms with Crippen molar-refractivity contribution in [3.05, 3.63) is 187 Å². The van der Waals surface area contributed by atoms with E-state index in [-0.39, 0.29) is 0 Å². The van der Waals surface area contributed by atoms with E-state index in [0.29, 0.717) is 0 Å². The fourth-order valence-corrected chi connectivity index (χ4v) is 8.35. The molecule has 0 saturated heterocycles. The molecular formula is C53H45N. The lowest BCUT2D eigenvalue weighted by Crippen LogP contribution is -2.02. The molecule has 1 aliphatic rings. The Hall–Kier alpha value is -6.28. The number of allylic oxidation sites excluding steroid dienone is 1. The molecule has 1 aliphatic carbocycles. The molecule has 1 heteroatoms. The lowest BCUT2D eigenvalue weighted by molar-refractivity contribution is 0.991. The Morgan fingerprint density at radius 2 is 0.870 bits per heavy atom. The van der Waals surface area contributed by atoms with Gasteiger partial charge < -0.3 is 5.73 Å². The molecule has 10 rings (SSSR count). The zero-order chi connectivity index (χ0) is 37.0. The first-order valence-electron chi connectivity index (χ1n) is 19.2. The van der Waals surface area contributed by atoms with Gasteiger partial charge in [-0.05, 0) is 131 Å². The van der Waals surface area contributed by atoms with Crippen molar-refractivity contribution in [2.24, 2.45) is 5.73 Å². The maximum atomic E-state index is 4.50. The summed E-state index contributed by atoms with van der Waals surface area (Å²) < 4.78 is 0. The SMILES string of the molecule is C1=Cc2c(c(-c3ccc(-c4ccc5cc(-c6cccc7ccccc67)ccc5c4)cc3)c3ccccc3c2-c2cccc3ccccc23)CC1.CC.CN. The number of fused-ring (bicyclic) bond motifs is 5. The van der Waals surface area contributed by atoms with Crippen LogP contribution in [0.2, 0.25) is 0 Å². The summed E-state index contributed by atoms with van der Waals surface area (Å²) >= 11 is 0. The second kappa shape index (κ2) is 15.4. The van der Waals surface area contributed by atoms with Gasteiger partial charge in [0.1, 0.15) is 0 Å². The number of hydrogen-bond donors (Lipinski definition) is 1. The third-order valence-electron chi connectivity index (χ3n) is 10.7. The van der Waals surface area contributed by atoms with Crippen molar-refractivity contribution in [2.75, 3.05) is 7.05 Å². The van der Waals surface area contributed by atoms with Crippen LogP contribution in [0.5, 0.6) is 0 Å². The molecule has 0 fully saturated rings. The highest BCUT2D eigenvalue weighted by Gasteiger charge is 2.22. The van der Waals surface area contributed by atoms with Gasteiger partial charge in [-0.2, -0.15) is 0 Å². The van der Waals surface area contributed by atoms with Crippen molar-refractivity contribution in [1.29, 1.82) is 0 Å². The van der Waals surface area contributed by atoms with Gasteiger partial charge in [0.15, 0.2) is 0 Å². The Bertz CT molecular complexity index is 2790. The van der Waals surface area contributed by atoms with Gasteiger partial charge in [-0.25, -0.2) is 0 Å². The molecule has 54 heavy (non-hydrogen) atoms. The highest BCUT2D eigenvalue weighted by Crippen LogP contribution is 2.46. The summed E-state index contributed by atoms with van der Waals surface area (Å²) in [6.07, 6.45) is 6.83. The zero-order valence-electron chi connectivity index (χ0n) is 31.3. The Morgan fingerprint density at radius 3 is 1.54 bits per heavy atom. The van der Waals surface area contributed by atoms with Crippen LogP contribution in [0.4, 0.5) is 0 Å². The molecule has 9 aromatic carbocycles. The standard InChI is InChI=1S/C50H34.C2H6.CH5N/c1-3-15-41-34(11-1)13-9-21-43(41)40-30-29-38-31-37(27-28-39(38)32-40)33-23-25-36(26-24-33)49-45-17-5-7-19-47(45)50(48-20-8-6-18-46(48)49)44-22-10-14-35-12-2-4-16-42(35)44;2*1-2/h1-5,7-17,19-32H,6,18H2;1-2H3;2H2,1H3. The smallest absolute Gasteiger partial charge is 0.00235 e. The first-order valence-corrected chi connectivity index (χ1v) is 19.2. The molecule has 0 atom stereocenters. The summed E-state index contributed by atoms with van der Waals surface area (Å²) in [5, 5.41) is 10.3. The van der Waals surface area contributed by atoms with Crippen molar-refractivity contribution in [3.8, 4) is 44.5 Å². The fourth-order valence-electron chi connectivity index (χ4n) is 8.35. The molecule has 2 N–H and O–H groups in total. The molecule has 0 aromatic heterocycles. The van der Waals surface area contributed by atoms with Gasteiger partial charge in [0.05, 0.1) is 0 Å². The zero-order valence-corrected chi connectivity index (χ0v) is 31.3. The second-order valence-corrected chi connectivity index (χ2v) is 13.5. The minimum atomic E-state index is 1.04. The van der Waals surface area contributed by atoms with E-state index in [4.69, 9.17) is 0 Å². The molecule has 0 heterocycles. The summed E-state index contributed by atoms with van der Waals surface area (Å²) in [4.78, 5) is 0. The molecule has 0 amide bonds. The molecular weight excluding hydrogens is 651 g/mol. The molecule has 0 radical (unpaired) electrons. The van der Waals surface area contributed by atoms with Crippen molar-refractivity contribution in [2.45, 2.75) is 26.7 Å². The minimum Gasteiger partial charge on any atom is -0.333 e. The van der Waals surface area contributed by atoms with Crippen LogP contribution in [-0.4, -0.2) is 7.05 Å². The van der Waals surface area contributed by atoms with E-state index >= 15 is 0 Å². The van der Waals surface area contributed by atoms with E-state index in [1.165, 1.54) is 106 Å². The maximum absolute atomic E-state index is 4.50. The normalized spacial score (nSPS) is 11.9. The van der Waals surface area contributed by atoms with Gasteiger partial charge in [-0.15, -0.1) is 0 Å². The van der Waals surface area contributed by atoms with Gasteiger partial charge in [-0.3, -0.25) is 0 Å². The van der Waals surface area contributed by atoms with Crippen molar-refractivity contribution in [3.63, 3.8) is 0 Å². The van der Waals surface area contributed by atoms with Crippen LogP contribution in [0.15, 0.2) is 176 Å². The summed E-state index contributed by atoms with van der Waals surface area (Å²) in [7, 11) is 1.50. The summed E-state index contributed by atoms with van der Waals surface area (Å²) in [5.41, 5.74) is 17.6. The van der Waals surface area contributed by atoms with Crippen LogP contribution < -0.4 is 5.73 Å². The Kier molecular flexibility index (Phi) is 9.90. The van der Waals surface area contributed by atoms with E-state index in [9.17, 15) is 0 Å². The molecule has 262 valence electrons. The molecule has 1 nitrogen and oxygen atoms in total. The van der Waals surface area contributed by atoms with E-state index in [2.05, 4.69) is 188 Å². The minimum absolute atomic E-state index is 1.04. The van der Waals surface area contributed by atoms with Crippen LogP contribution in [0.3, 0.4) is 0 Å². The summed E-state index contributed by atoms with van der Waals surface area (Å²) in [5.74, 6) is 0. The maximum Gasteiger partial charge on any atom is -0.00235 e. The van der Waals surface area contributed by atoms with Crippen LogP contribution >= 0.6 is 0 Å². The number of nitrogens with two attached hydrogens (primary N) is 1. The fraction of sp³-hybridized carbons (Fsp3) is 0.0943. The van der Waals surface area contributed by atoms with Gasteiger partial charge in [0.25, 0.3) is 0 Å². The third kappa shape index (κ3) is 6.17. The largest absolute Gasteiger partial charge is 0.333 e. The lowest BCUT2D eigenvalue weighted by atomic mass is 9.79. The summed E-state index contributed by atoms with van der Waals surface area (Å²) in [6, 6.07) is 62.7. The van der Waals surface area contributed by atoms with Gasteiger partial charge in [0.2, 0.25) is 0 Å². The van der Waals surface area contributed by atoms with Crippen LogP contribution in [0, 0.1) is 0 Å². The average molecular weight is 696 g/mol. The van der Waals surface area contributed by atoms with Gasteiger partial charge in [0, 0.05) is 0 Å². The molecule has 0 unspecified atom stereocenters. The Labute approximate surface area is 319 Å². The Morgan fingerprint density at radius 1 is 0.389 bits per heavy atom. The highest BCUT2D eigenvalue weighted by molar-refractivity contribution is 6.14. The topological polar surface area (TPSA) is 26.0 Å². The number of benzene rings is 9. The first kappa shape index (κ1) is 34.8. The van der Waals surface area contributed by atoms with Gasteiger partial charge >= 0.3 is 0 Å². The van der Waals surface area contributed by atoms with Crippen molar-refractivity contribution < 1.29 is 0 Å². The molecule has 0 aliphatic heterocycles. The number of hydrogen-bond acceptors (Lipinski definition) is 1. The molecule has 9 aromatic rings. The quantitative estimate of drug-likeness (QED) is 0.195. The number of rotatable bonds is 4. The lowest BCUT2D eigenvalue weighted by Gasteiger charge is -2.24. The molecule has 0 saturated carbocycles. The van der Waals surface area contributed by atoms with E-state index < -0.39 is 0 Å². The average Bonchev–Trinajstić information content (AvgIpc) is 3.26. The van der Waals surface area contributed by atoms with Crippen LogP contribution in [0.25, 0.3) is 93.7 Å². The van der Waals surface area contributed by atoms with Crippen molar-refractivity contribution in [1.82, 2.24) is 0 Å². The van der Waals surface area contributed by atoms with Crippen molar-refractivity contribution >= 4 is 49.2 Å². The van der Waals surface area contributed by atoms with E-state index in [1.807, 2.05) is 13.8 Å². The predicted octanol–water partition coefficient (Wildman–Crippen LogP) is 14.5. The third-order valence-corrected chi connectivity index (χ3v) is 10.7. The van der Waals surface area contributed by atoms with E-state index in [0.717, 1.165) is 12.8 Å². The monoisotopic (exact) mass is 695 g/mol. The van der Waals surface area contributed by atoms with E-state index in [1.54, 1.807) is 0 Å². The second-order valence-electron chi connectivity index (χ2n) is 13.5. The van der Waals surface area contributed by atoms with Gasteiger partial charge in [-0.1, -0.05) is 184 Å². The highest BCUT2D eigenvalue weighted by atomic mass is 14.4. The first-order chi connectivity index (χ1) is 26.8. The molecule has 0 bridgehead atoms. The van der Waals surface area contributed by atoms with Crippen LogP contribution in [0.1, 0.15) is 31.4 Å². The summed E-state index contributed by atoms with van der Waals surface area (Å²) in [6.45, 7) is 4.00.